The molecule has 1 atom stereocenters. The minimum atomic E-state index is -0.957. The average Bonchev–Trinajstić information content (AvgIpc) is 2.09. The SMILES string of the molecule is CCOc1c(F)cc(F)cc1C(C)O. The van der Waals surface area contributed by atoms with Crippen LogP contribution in [-0.4, -0.2) is 11.7 Å². The van der Waals surface area contributed by atoms with Crippen LogP contribution in [0.2, 0.25) is 0 Å². The molecule has 4 heteroatoms. The van der Waals surface area contributed by atoms with Crippen molar-refractivity contribution in [2.45, 2.75) is 20.0 Å². The van der Waals surface area contributed by atoms with Gasteiger partial charge in [0, 0.05) is 11.6 Å². The quantitative estimate of drug-likeness (QED) is 0.815. The molecule has 0 radical (unpaired) electrons. The van der Waals surface area contributed by atoms with Gasteiger partial charge in [-0.25, -0.2) is 8.78 Å². The second-order valence-electron chi connectivity index (χ2n) is 2.91. The predicted octanol–water partition coefficient (Wildman–Crippen LogP) is 2.42. The van der Waals surface area contributed by atoms with Gasteiger partial charge in [0.15, 0.2) is 11.6 Å². The largest absolute Gasteiger partial charge is 0.490 e. The molecular weight excluding hydrogens is 190 g/mol. The van der Waals surface area contributed by atoms with Crippen LogP contribution < -0.4 is 4.74 Å². The highest BCUT2D eigenvalue weighted by Crippen LogP contribution is 2.29. The zero-order valence-electron chi connectivity index (χ0n) is 8.05. The Morgan fingerprint density at radius 2 is 2.07 bits per heavy atom. The van der Waals surface area contributed by atoms with E-state index in [1.165, 1.54) is 6.92 Å². The van der Waals surface area contributed by atoms with Crippen LogP contribution in [0.15, 0.2) is 12.1 Å². The van der Waals surface area contributed by atoms with E-state index < -0.39 is 17.7 Å². The van der Waals surface area contributed by atoms with Gasteiger partial charge in [0.1, 0.15) is 5.82 Å². The summed E-state index contributed by atoms with van der Waals surface area (Å²) in [6, 6.07) is 1.80. The monoisotopic (exact) mass is 202 g/mol. The maximum absolute atomic E-state index is 13.2. The third-order valence-corrected chi connectivity index (χ3v) is 1.78. The van der Waals surface area contributed by atoms with Crippen LogP contribution in [0, 0.1) is 11.6 Å². The van der Waals surface area contributed by atoms with E-state index in [4.69, 9.17) is 4.74 Å². The molecule has 2 nitrogen and oxygen atoms in total. The van der Waals surface area contributed by atoms with E-state index in [2.05, 4.69) is 0 Å². The molecule has 1 rings (SSSR count). The summed E-state index contributed by atoms with van der Waals surface area (Å²) in [5.41, 5.74) is 0.129. The van der Waals surface area contributed by atoms with Crippen LogP contribution in [0.5, 0.6) is 5.75 Å². The highest BCUT2D eigenvalue weighted by atomic mass is 19.1. The molecule has 0 spiro atoms. The Kier molecular flexibility index (Phi) is 3.41. The van der Waals surface area contributed by atoms with Crippen molar-refractivity contribution in [3.63, 3.8) is 0 Å². The maximum Gasteiger partial charge on any atom is 0.168 e. The van der Waals surface area contributed by atoms with Crippen LogP contribution in [0.4, 0.5) is 8.78 Å². The fourth-order valence-corrected chi connectivity index (χ4v) is 1.19. The molecule has 0 aliphatic rings. The molecule has 0 amide bonds. The van der Waals surface area contributed by atoms with Crippen molar-refractivity contribution >= 4 is 0 Å². The number of ether oxygens (including phenoxy) is 1. The van der Waals surface area contributed by atoms with Gasteiger partial charge in [-0.05, 0) is 19.9 Å². The van der Waals surface area contributed by atoms with Gasteiger partial charge in [0.05, 0.1) is 12.7 Å². The molecule has 0 aliphatic heterocycles. The van der Waals surface area contributed by atoms with Crippen LogP contribution in [0.1, 0.15) is 25.5 Å². The van der Waals surface area contributed by atoms with Gasteiger partial charge in [0.25, 0.3) is 0 Å². The smallest absolute Gasteiger partial charge is 0.168 e. The summed E-state index contributed by atoms with van der Waals surface area (Å²) in [7, 11) is 0. The van der Waals surface area contributed by atoms with Crippen molar-refractivity contribution < 1.29 is 18.6 Å². The van der Waals surface area contributed by atoms with Gasteiger partial charge in [-0.3, -0.25) is 0 Å². The molecule has 0 aliphatic carbocycles. The average molecular weight is 202 g/mol. The predicted molar refractivity (Wildman–Crippen MR) is 48.2 cm³/mol. The van der Waals surface area contributed by atoms with Crippen molar-refractivity contribution in [3.8, 4) is 5.75 Å². The topological polar surface area (TPSA) is 29.5 Å². The number of aliphatic hydroxyl groups is 1. The molecule has 0 saturated carbocycles. The van der Waals surface area contributed by atoms with E-state index in [1.54, 1.807) is 6.92 Å². The highest BCUT2D eigenvalue weighted by Gasteiger charge is 2.15. The van der Waals surface area contributed by atoms with Crippen molar-refractivity contribution in [1.29, 1.82) is 0 Å². The summed E-state index contributed by atoms with van der Waals surface area (Å²) in [4.78, 5) is 0. The minimum Gasteiger partial charge on any atom is -0.490 e. The lowest BCUT2D eigenvalue weighted by Gasteiger charge is -2.13. The number of aliphatic hydroxyl groups excluding tert-OH is 1. The lowest BCUT2D eigenvalue weighted by atomic mass is 10.1. The Morgan fingerprint density at radius 3 is 2.57 bits per heavy atom. The van der Waals surface area contributed by atoms with E-state index >= 15 is 0 Å². The van der Waals surface area contributed by atoms with Crippen LogP contribution in [-0.2, 0) is 0 Å². The Hall–Kier alpha value is -1.16. The summed E-state index contributed by atoms with van der Waals surface area (Å²) in [5.74, 6) is -1.59. The molecule has 0 bridgehead atoms. The van der Waals surface area contributed by atoms with Crippen LogP contribution in [0.25, 0.3) is 0 Å². The van der Waals surface area contributed by atoms with Gasteiger partial charge in [-0.1, -0.05) is 0 Å². The van der Waals surface area contributed by atoms with E-state index in [9.17, 15) is 13.9 Å². The molecule has 0 heterocycles. The minimum absolute atomic E-state index is 0.0797. The Labute approximate surface area is 81.1 Å². The number of hydrogen-bond acceptors (Lipinski definition) is 2. The summed E-state index contributed by atoms with van der Waals surface area (Å²) in [6.07, 6.45) is -0.957. The van der Waals surface area contributed by atoms with Crippen molar-refractivity contribution in [3.05, 3.63) is 29.3 Å². The zero-order chi connectivity index (χ0) is 10.7. The first-order valence-corrected chi connectivity index (χ1v) is 4.36. The van der Waals surface area contributed by atoms with Crippen molar-refractivity contribution in [2.24, 2.45) is 0 Å². The first-order valence-electron chi connectivity index (χ1n) is 4.36. The van der Waals surface area contributed by atoms with Gasteiger partial charge < -0.3 is 9.84 Å². The number of halogens is 2. The fourth-order valence-electron chi connectivity index (χ4n) is 1.19. The molecule has 1 aromatic carbocycles. The van der Waals surface area contributed by atoms with Gasteiger partial charge >= 0.3 is 0 Å². The van der Waals surface area contributed by atoms with E-state index in [0.29, 0.717) is 0 Å². The molecule has 0 fully saturated rings. The second kappa shape index (κ2) is 4.37. The van der Waals surface area contributed by atoms with E-state index in [-0.39, 0.29) is 17.9 Å². The summed E-state index contributed by atoms with van der Waals surface area (Å²) < 4.78 is 31.0. The van der Waals surface area contributed by atoms with Gasteiger partial charge in [0.2, 0.25) is 0 Å². The van der Waals surface area contributed by atoms with Crippen molar-refractivity contribution in [1.82, 2.24) is 0 Å². The lowest BCUT2D eigenvalue weighted by Crippen LogP contribution is -2.03. The van der Waals surface area contributed by atoms with E-state index in [1.807, 2.05) is 0 Å². The molecule has 1 aromatic rings. The first kappa shape index (κ1) is 10.9. The summed E-state index contributed by atoms with van der Waals surface area (Å²) in [5, 5.41) is 9.27. The molecule has 1 unspecified atom stereocenters. The molecule has 78 valence electrons. The molecular formula is C10H12F2O2. The second-order valence-corrected chi connectivity index (χ2v) is 2.91. The lowest BCUT2D eigenvalue weighted by molar-refractivity contribution is 0.189. The third-order valence-electron chi connectivity index (χ3n) is 1.78. The number of rotatable bonds is 3. The highest BCUT2D eigenvalue weighted by molar-refractivity contribution is 5.37. The molecule has 1 N–H and O–H groups in total. The zero-order valence-corrected chi connectivity index (χ0v) is 8.05. The molecule has 0 saturated heterocycles. The first-order chi connectivity index (χ1) is 6.56. The van der Waals surface area contributed by atoms with Crippen molar-refractivity contribution in [2.75, 3.05) is 6.61 Å². The summed E-state index contributed by atoms with van der Waals surface area (Å²) >= 11 is 0. The number of benzene rings is 1. The Morgan fingerprint density at radius 1 is 1.43 bits per heavy atom. The van der Waals surface area contributed by atoms with Crippen LogP contribution in [0.3, 0.4) is 0 Å². The van der Waals surface area contributed by atoms with Gasteiger partial charge in [-0.15, -0.1) is 0 Å². The standard InChI is InChI=1S/C10H12F2O2/c1-3-14-10-8(6(2)13)4-7(11)5-9(10)12/h4-6,13H,3H2,1-2H3. The van der Waals surface area contributed by atoms with E-state index in [0.717, 1.165) is 12.1 Å². The van der Waals surface area contributed by atoms with Crippen LogP contribution >= 0.6 is 0 Å². The fraction of sp³-hybridized carbons (Fsp3) is 0.400. The Balaban J connectivity index is 3.21. The van der Waals surface area contributed by atoms with Gasteiger partial charge in [-0.2, -0.15) is 0 Å². The number of hydrogen-bond donors (Lipinski definition) is 1. The normalized spacial score (nSPS) is 12.6. The molecule has 0 aromatic heterocycles. The maximum atomic E-state index is 13.2. The summed E-state index contributed by atoms with van der Waals surface area (Å²) in [6.45, 7) is 3.38. The Bertz CT molecular complexity index is 324. The third kappa shape index (κ3) is 2.20. The molecule has 14 heavy (non-hydrogen) atoms.